The van der Waals surface area contributed by atoms with Gasteiger partial charge in [0.2, 0.25) is 12.6 Å². The lowest BCUT2D eigenvalue weighted by atomic mass is 9.88. The highest BCUT2D eigenvalue weighted by atomic mass is 16.7. The van der Waals surface area contributed by atoms with Gasteiger partial charge in [0.25, 0.3) is 0 Å². The summed E-state index contributed by atoms with van der Waals surface area (Å²) in [5, 5.41) is 81.1. The molecular weight excluding hydrogens is 528 g/mol. The van der Waals surface area contributed by atoms with Gasteiger partial charge in [-0.15, -0.1) is 0 Å². The summed E-state index contributed by atoms with van der Waals surface area (Å²) in [7, 11) is 0. The zero-order chi connectivity index (χ0) is 29.6. The molecule has 2 fully saturated rings. The average molecular weight is 567 g/mol. The largest absolute Gasteiger partial charge is 0.461 e. The molecule has 2 saturated heterocycles. The zero-order valence-corrected chi connectivity index (χ0v) is 22.7. The monoisotopic (exact) mass is 566 g/mol. The molecular formula is C28H38O12. The van der Waals surface area contributed by atoms with Gasteiger partial charge in [0, 0.05) is 0 Å². The lowest BCUT2D eigenvalue weighted by Gasteiger charge is -2.45. The van der Waals surface area contributed by atoms with Gasteiger partial charge < -0.3 is 59.8 Å². The molecule has 0 bridgehead atoms. The molecule has 2 heterocycles. The van der Waals surface area contributed by atoms with Crippen LogP contribution in [0, 0.1) is 13.8 Å². The van der Waals surface area contributed by atoms with Gasteiger partial charge in [-0.3, -0.25) is 0 Å². The summed E-state index contributed by atoms with van der Waals surface area (Å²) in [6, 6.07) is 10.6. The highest BCUT2D eigenvalue weighted by Gasteiger charge is 2.54. The third-order valence-electron chi connectivity index (χ3n) is 7.67. The average Bonchev–Trinajstić information content (AvgIpc) is 2.91. The quantitative estimate of drug-likeness (QED) is 0.206. The topological polar surface area (TPSA) is 199 Å². The van der Waals surface area contributed by atoms with Crippen molar-refractivity contribution in [3.63, 3.8) is 0 Å². The van der Waals surface area contributed by atoms with Crippen molar-refractivity contribution in [3.8, 4) is 22.6 Å². The van der Waals surface area contributed by atoms with Crippen LogP contribution in [0.25, 0.3) is 11.1 Å². The van der Waals surface area contributed by atoms with Gasteiger partial charge in [-0.05, 0) is 74.2 Å². The molecule has 40 heavy (non-hydrogen) atoms. The Hall–Kier alpha value is -2.36. The van der Waals surface area contributed by atoms with Crippen molar-refractivity contribution >= 4 is 0 Å². The Labute approximate surface area is 231 Å². The molecule has 222 valence electrons. The van der Waals surface area contributed by atoms with Gasteiger partial charge in [-0.25, -0.2) is 0 Å². The van der Waals surface area contributed by atoms with Gasteiger partial charge >= 0.3 is 0 Å². The van der Waals surface area contributed by atoms with E-state index in [9.17, 15) is 40.9 Å². The molecule has 0 radical (unpaired) electrons. The van der Waals surface area contributed by atoms with E-state index in [0.717, 1.165) is 11.1 Å². The van der Waals surface area contributed by atoms with E-state index < -0.39 is 73.6 Å². The number of benzene rings is 2. The molecule has 2 aromatic carbocycles. The van der Waals surface area contributed by atoms with Crippen LogP contribution in [0.1, 0.15) is 25.0 Å². The predicted molar refractivity (Wildman–Crippen MR) is 139 cm³/mol. The first-order valence-electron chi connectivity index (χ1n) is 13.0. The number of aryl methyl sites for hydroxylation is 2. The molecule has 12 heteroatoms. The summed E-state index contributed by atoms with van der Waals surface area (Å²) in [6.07, 6.45) is -11.1. The van der Waals surface area contributed by atoms with Crippen LogP contribution in [-0.2, 0) is 9.47 Å². The van der Waals surface area contributed by atoms with Crippen molar-refractivity contribution in [2.45, 2.75) is 88.1 Å². The number of rotatable bonds is 7. The Kier molecular flexibility index (Phi) is 8.79. The van der Waals surface area contributed by atoms with Gasteiger partial charge in [-0.1, -0.05) is 12.1 Å². The Balaban J connectivity index is 1.51. The van der Waals surface area contributed by atoms with E-state index in [-0.39, 0.29) is 0 Å². The van der Waals surface area contributed by atoms with E-state index in [1.54, 1.807) is 38.1 Å². The fraction of sp³-hybridized carbons (Fsp3) is 0.571. The third-order valence-corrected chi connectivity index (χ3v) is 7.67. The Morgan fingerprint density at radius 1 is 0.675 bits per heavy atom. The standard InChI is InChI=1S/C28H38O12/c1-13-9-15(5-7-17(13)37-25-27(3,35)23(33)21(31)19(11-29)39-25)16-6-8-18(14(2)10-16)38-26-28(4,36)24(34)22(32)20(12-30)40-26/h5-10,19-26,29-36H,11-12H2,1-4H3/t19?,20?,21-,22-,23?,24?,25+,26+,27+,28+/m1/s1. The minimum absolute atomic E-state index is 0.363. The molecule has 0 amide bonds. The van der Waals surface area contributed by atoms with Crippen LogP contribution in [0.2, 0.25) is 0 Å². The van der Waals surface area contributed by atoms with Crippen LogP contribution in [-0.4, -0.2) is 114 Å². The van der Waals surface area contributed by atoms with Crippen molar-refractivity contribution in [1.29, 1.82) is 0 Å². The van der Waals surface area contributed by atoms with Crippen molar-refractivity contribution in [3.05, 3.63) is 47.5 Å². The zero-order valence-electron chi connectivity index (χ0n) is 22.7. The van der Waals surface area contributed by atoms with E-state index in [1.807, 2.05) is 12.1 Å². The van der Waals surface area contributed by atoms with Gasteiger partial charge in [0.15, 0.2) is 11.2 Å². The SMILES string of the molecule is Cc1cc(-c2ccc(O[C@H]3OC(CO)[C@@H](O)C(O)[C@]3(C)O)c(C)c2)ccc1O[C@H]1OC(CO)[C@@H](O)C(O)[C@]1(C)O. The third kappa shape index (κ3) is 5.57. The fourth-order valence-corrected chi connectivity index (χ4v) is 4.88. The maximum absolute atomic E-state index is 10.7. The van der Waals surface area contributed by atoms with Crippen molar-refractivity contribution in [2.75, 3.05) is 13.2 Å². The molecule has 0 aliphatic carbocycles. The van der Waals surface area contributed by atoms with Crippen molar-refractivity contribution in [2.24, 2.45) is 0 Å². The first-order valence-corrected chi connectivity index (χ1v) is 13.0. The Morgan fingerprint density at radius 3 is 1.32 bits per heavy atom. The first kappa shape index (κ1) is 30.6. The smallest absolute Gasteiger partial charge is 0.231 e. The predicted octanol–water partition coefficient (Wildman–Crippen LogP) is -0.892. The van der Waals surface area contributed by atoms with Gasteiger partial charge in [0.1, 0.15) is 48.1 Å². The van der Waals surface area contributed by atoms with Gasteiger partial charge in [0.05, 0.1) is 13.2 Å². The fourth-order valence-electron chi connectivity index (χ4n) is 4.88. The van der Waals surface area contributed by atoms with Crippen LogP contribution >= 0.6 is 0 Å². The molecule has 0 spiro atoms. The second kappa shape index (κ2) is 11.5. The van der Waals surface area contributed by atoms with E-state index in [2.05, 4.69) is 0 Å². The second-order valence-electron chi connectivity index (χ2n) is 10.9. The lowest BCUT2D eigenvalue weighted by molar-refractivity contribution is -0.315. The molecule has 0 aromatic heterocycles. The van der Waals surface area contributed by atoms with E-state index in [1.165, 1.54) is 13.8 Å². The summed E-state index contributed by atoms with van der Waals surface area (Å²) < 4.78 is 22.8. The van der Waals surface area contributed by atoms with Gasteiger partial charge in [-0.2, -0.15) is 0 Å². The van der Waals surface area contributed by atoms with Crippen LogP contribution in [0.15, 0.2) is 36.4 Å². The normalized spacial score (nSPS) is 38.2. The highest BCUT2D eigenvalue weighted by Crippen LogP contribution is 2.36. The molecule has 0 saturated carbocycles. The summed E-state index contributed by atoms with van der Waals surface area (Å²) in [5.41, 5.74) is -0.878. The van der Waals surface area contributed by atoms with Crippen LogP contribution in [0.4, 0.5) is 0 Å². The highest BCUT2D eigenvalue weighted by molar-refractivity contribution is 5.67. The molecule has 2 aromatic rings. The molecule has 2 aliphatic heterocycles. The maximum atomic E-state index is 10.7. The summed E-state index contributed by atoms with van der Waals surface area (Å²) in [4.78, 5) is 0. The van der Waals surface area contributed by atoms with E-state index >= 15 is 0 Å². The minimum Gasteiger partial charge on any atom is -0.461 e. The van der Waals surface area contributed by atoms with E-state index in [4.69, 9.17) is 18.9 Å². The first-order chi connectivity index (χ1) is 18.7. The second-order valence-corrected chi connectivity index (χ2v) is 10.9. The maximum Gasteiger partial charge on any atom is 0.231 e. The molecule has 10 atom stereocenters. The number of hydrogen-bond donors (Lipinski definition) is 8. The summed E-state index contributed by atoms with van der Waals surface area (Å²) >= 11 is 0. The number of hydrogen-bond acceptors (Lipinski definition) is 12. The van der Waals surface area contributed by atoms with Crippen LogP contribution < -0.4 is 9.47 Å². The molecule has 2 aliphatic rings. The van der Waals surface area contributed by atoms with E-state index in [0.29, 0.717) is 22.6 Å². The molecule has 4 rings (SSSR count). The lowest BCUT2D eigenvalue weighted by Crippen LogP contribution is -2.66. The number of aliphatic hydroxyl groups is 8. The molecule has 4 unspecified atom stereocenters. The Morgan fingerprint density at radius 2 is 1.02 bits per heavy atom. The minimum atomic E-state index is -1.94. The van der Waals surface area contributed by atoms with Crippen molar-refractivity contribution < 1.29 is 59.8 Å². The van der Waals surface area contributed by atoms with Crippen LogP contribution in [0.3, 0.4) is 0 Å². The van der Waals surface area contributed by atoms with Crippen LogP contribution in [0.5, 0.6) is 11.5 Å². The molecule has 12 nitrogen and oxygen atoms in total. The summed E-state index contributed by atoms with van der Waals surface area (Å²) in [5.74, 6) is 0.726. The number of ether oxygens (including phenoxy) is 4. The molecule has 8 N–H and O–H groups in total. The summed E-state index contributed by atoms with van der Waals surface area (Å²) in [6.45, 7) is 4.99. The van der Waals surface area contributed by atoms with Crippen molar-refractivity contribution in [1.82, 2.24) is 0 Å². The number of aliphatic hydroxyl groups excluding tert-OH is 6. The Bertz CT molecular complexity index is 1090.